The van der Waals surface area contributed by atoms with Gasteiger partial charge < -0.3 is 0 Å². The van der Waals surface area contributed by atoms with Crippen LogP contribution in [0.4, 0.5) is 0 Å². The first kappa shape index (κ1) is 32.6. The lowest BCUT2D eigenvalue weighted by atomic mass is 9.98. The molecule has 0 aliphatic heterocycles. The molecule has 4 heteroatoms. The Kier molecular flexibility index (Phi) is 8.36. The van der Waals surface area contributed by atoms with E-state index in [0.29, 0.717) is 17.5 Å². The van der Waals surface area contributed by atoms with Crippen molar-refractivity contribution in [2.24, 2.45) is 0 Å². The lowest BCUT2D eigenvalue weighted by molar-refractivity contribution is 1.07. The molecule has 0 spiro atoms. The van der Waals surface area contributed by atoms with Crippen LogP contribution in [0.5, 0.6) is 0 Å². The predicted octanol–water partition coefficient (Wildman–Crippen LogP) is 13.9. The van der Waals surface area contributed by atoms with E-state index in [1.165, 1.54) is 36.9 Å². The Bertz CT molecular complexity index is 2970. The van der Waals surface area contributed by atoms with Crippen molar-refractivity contribution in [3.05, 3.63) is 200 Å². The average Bonchev–Trinajstić information content (AvgIpc) is 3.65. The SMILES string of the molecule is c1ccc(-c2ccc(-c3nc(-c4cccc(-c5cccc(-c6ccccc6)c5)c4)nc(-c4cccc(-c5ccc6c(c5)sc5ccccc56)c4)n3)cc2)cc1. The van der Waals surface area contributed by atoms with Crippen molar-refractivity contribution >= 4 is 31.5 Å². The van der Waals surface area contributed by atoms with Gasteiger partial charge in [0.15, 0.2) is 17.5 Å². The summed E-state index contributed by atoms with van der Waals surface area (Å²) in [6, 6.07) is 70.5. The van der Waals surface area contributed by atoms with Crippen LogP contribution < -0.4 is 0 Å². The molecule has 0 N–H and O–H groups in total. The van der Waals surface area contributed by atoms with E-state index in [2.05, 4.69) is 188 Å². The van der Waals surface area contributed by atoms with Crippen LogP contribution in [-0.2, 0) is 0 Å². The minimum atomic E-state index is 0.630. The van der Waals surface area contributed by atoms with Crippen LogP contribution in [0.3, 0.4) is 0 Å². The number of hydrogen-bond acceptors (Lipinski definition) is 4. The first-order valence-electron chi connectivity index (χ1n) is 18.4. The summed E-state index contributed by atoms with van der Waals surface area (Å²) in [6.45, 7) is 0. The Morgan fingerprint density at radius 1 is 0.236 bits per heavy atom. The summed E-state index contributed by atoms with van der Waals surface area (Å²) in [5, 5.41) is 2.59. The molecule has 55 heavy (non-hydrogen) atoms. The molecule has 0 fully saturated rings. The molecule has 10 aromatic rings. The van der Waals surface area contributed by atoms with E-state index in [-0.39, 0.29) is 0 Å². The molecule has 0 radical (unpaired) electrons. The first-order chi connectivity index (χ1) is 27.2. The van der Waals surface area contributed by atoms with E-state index >= 15 is 0 Å². The Balaban J connectivity index is 1.07. The predicted molar refractivity (Wildman–Crippen MR) is 231 cm³/mol. The molecule has 0 bridgehead atoms. The second-order valence-corrected chi connectivity index (χ2v) is 14.8. The fourth-order valence-electron chi connectivity index (χ4n) is 7.30. The second kappa shape index (κ2) is 14.1. The van der Waals surface area contributed by atoms with Gasteiger partial charge in [-0.2, -0.15) is 0 Å². The molecular formula is C51H33N3S. The number of rotatable bonds is 7. The third-order valence-corrected chi connectivity index (χ3v) is 11.3. The summed E-state index contributed by atoms with van der Waals surface area (Å²) in [4.78, 5) is 15.4. The number of hydrogen-bond donors (Lipinski definition) is 0. The highest BCUT2D eigenvalue weighted by Gasteiger charge is 2.15. The van der Waals surface area contributed by atoms with E-state index in [0.717, 1.165) is 44.5 Å². The fraction of sp³-hybridized carbons (Fsp3) is 0. The molecule has 10 rings (SSSR count). The van der Waals surface area contributed by atoms with Crippen LogP contribution in [-0.4, -0.2) is 15.0 Å². The van der Waals surface area contributed by atoms with E-state index in [1.807, 2.05) is 23.5 Å². The van der Waals surface area contributed by atoms with Gasteiger partial charge in [0.25, 0.3) is 0 Å². The van der Waals surface area contributed by atoms with Crippen molar-refractivity contribution in [3.63, 3.8) is 0 Å². The van der Waals surface area contributed by atoms with Gasteiger partial charge in [-0.3, -0.25) is 0 Å². The number of benzene rings is 8. The Morgan fingerprint density at radius 2 is 0.600 bits per heavy atom. The number of thiophene rings is 1. The maximum Gasteiger partial charge on any atom is 0.164 e. The lowest BCUT2D eigenvalue weighted by Crippen LogP contribution is -2.00. The van der Waals surface area contributed by atoms with E-state index < -0.39 is 0 Å². The molecule has 258 valence electrons. The fourth-order valence-corrected chi connectivity index (χ4v) is 8.44. The monoisotopic (exact) mass is 719 g/mol. The Hall–Kier alpha value is -7.01. The number of fused-ring (bicyclic) bond motifs is 3. The van der Waals surface area contributed by atoms with E-state index in [1.54, 1.807) is 0 Å². The van der Waals surface area contributed by atoms with Crippen molar-refractivity contribution in [1.82, 2.24) is 15.0 Å². The lowest BCUT2D eigenvalue weighted by Gasteiger charge is -2.11. The maximum absolute atomic E-state index is 5.16. The zero-order valence-electron chi connectivity index (χ0n) is 29.8. The highest BCUT2D eigenvalue weighted by Crippen LogP contribution is 2.37. The molecule has 0 amide bonds. The molecule has 0 aliphatic carbocycles. The second-order valence-electron chi connectivity index (χ2n) is 13.7. The maximum atomic E-state index is 5.16. The van der Waals surface area contributed by atoms with Gasteiger partial charge in [0.05, 0.1) is 0 Å². The normalized spacial score (nSPS) is 11.3. The van der Waals surface area contributed by atoms with Crippen LogP contribution in [0.1, 0.15) is 0 Å². The van der Waals surface area contributed by atoms with Crippen molar-refractivity contribution in [2.75, 3.05) is 0 Å². The van der Waals surface area contributed by atoms with Crippen molar-refractivity contribution < 1.29 is 0 Å². The van der Waals surface area contributed by atoms with Gasteiger partial charge in [0.1, 0.15) is 0 Å². The molecule has 8 aromatic carbocycles. The molecule has 0 saturated heterocycles. The van der Waals surface area contributed by atoms with Crippen LogP contribution in [0.15, 0.2) is 200 Å². The van der Waals surface area contributed by atoms with Gasteiger partial charge in [-0.1, -0.05) is 170 Å². The summed E-state index contributed by atoms with van der Waals surface area (Å²) in [5.74, 6) is 1.90. The summed E-state index contributed by atoms with van der Waals surface area (Å²) in [6.07, 6.45) is 0. The number of nitrogens with zero attached hydrogens (tertiary/aromatic N) is 3. The largest absolute Gasteiger partial charge is 0.208 e. The molecule has 0 saturated carbocycles. The van der Waals surface area contributed by atoms with Crippen molar-refractivity contribution in [2.45, 2.75) is 0 Å². The minimum absolute atomic E-state index is 0.630. The summed E-state index contributed by atoms with van der Waals surface area (Å²) < 4.78 is 2.58. The zero-order chi connectivity index (χ0) is 36.6. The third-order valence-electron chi connectivity index (χ3n) is 10.1. The van der Waals surface area contributed by atoms with Gasteiger partial charge in [-0.05, 0) is 74.8 Å². The Morgan fingerprint density at radius 3 is 1.20 bits per heavy atom. The number of aromatic nitrogens is 3. The molecule has 2 heterocycles. The summed E-state index contributed by atoms with van der Waals surface area (Å²) in [5.41, 5.74) is 12.0. The summed E-state index contributed by atoms with van der Waals surface area (Å²) in [7, 11) is 0. The Labute approximate surface area is 323 Å². The summed E-state index contributed by atoms with van der Waals surface area (Å²) >= 11 is 1.84. The van der Waals surface area contributed by atoms with Crippen molar-refractivity contribution in [1.29, 1.82) is 0 Å². The third kappa shape index (κ3) is 6.50. The van der Waals surface area contributed by atoms with Crippen molar-refractivity contribution in [3.8, 4) is 78.7 Å². The van der Waals surface area contributed by atoms with Gasteiger partial charge in [0, 0.05) is 36.9 Å². The van der Waals surface area contributed by atoms with Gasteiger partial charge >= 0.3 is 0 Å². The average molecular weight is 720 g/mol. The zero-order valence-corrected chi connectivity index (χ0v) is 30.6. The molecular weight excluding hydrogens is 687 g/mol. The molecule has 0 atom stereocenters. The van der Waals surface area contributed by atoms with Crippen LogP contribution in [0, 0.1) is 0 Å². The van der Waals surface area contributed by atoms with Crippen LogP contribution in [0.2, 0.25) is 0 Å². The van der Waals surface area contributed by atoms with Gasteiger partial charge in [-0.15, -0.1) is 11.3 Å². The quantitative estimate of drug-likeness (QED) is 0.165. The standard InChI is InChI=1S/C51H33N3S/c1-3-12-34(13-4-1)36-24-26-37(27-25-36)49-52-50(43-20-10-18-40(31-43)39-17-9-16-38(30-39)35-14-5-2-6-15-35)54-51(53-49)44-21-11-19-41(32-44)42-28-29-46-45-22-7-8-23-47(45)55-48(46)33-42/h1-33H. The molecule has 2 aromatic heterocycles. The van der Waals surface area contributed by atoms with Crippen LogP contribution in [0.25, 0.3) is 98.8 Å². The molecule has 0 aliphatic rings. The van der Waals surface area contributed by atoms with E-state index in [4.69, 9.17) is 15.0 Å². The van der Waals surface area contributed by atoms with Crippen LogP contribution >= 0.6 is 11.3 Å². The highest BCUT2D eigenvalue weighted by molar-refractivity contribution is 7.25. The first-order valence-corrected chi connectivity index (χ1v) is 19.2. The van der Waals surface area contributed by atoms with E-state index in [9.17, 15) is 0 Å². The topological polar surface area (TPSA) is 38.7 Å². The van der Waals surface area contributed by atoms with Gasteiger partial charge in [0.2, 0.25) is 0 Å². The molecule has 0 unspecified atom stereocenters. The smallest absolute Gasteiger partial charge is 0.164 e. The van der Waals surface area contributed by atoms with Gasteiger partial charge in [-0.25, -0.2) is 15.0 Å². The molecule has 3 nitrogen and oxygen atoms in total. The highest BCUT2D eigenvalue weighted by atomic mass is 32.1. The minimum Gasteiger partial charge on any atom is -0.208 e.